The molecule has 0 atom stereocenters. The van der Waals surface area contributed by atoms with Gasteiger partial charge in [-0.1, -0.05) is 54.1 Å². The molecule has 0 bridgehead atoms. The van der Waals surface area contributed by atoms with Gasteiger partial charge in [-0.3, -0.25) is 0 Å². The third-order valence-corrected chi connectivity index (χ3v) is 3.25. The van der Waals surface area contributed by atoms with Crippen molar-refractivity contribution >= 4 is 34.1 Å². The highest BCUT2D eigenvalue weighted by Crippen LogP contribution is 2.20. The number of nitrogen functional groups attached to an aromatic ring is 1. The molecule has 3 rings (SSSR count). The van der Waals surface area contributed by atoms with Gasteiger partial charge in [0.25, 0.3) is 0 Å². The maximum absolute atomic E-state index is 5.86. The Morgan fingerprint density at radius 2 is 1.85 bits per heavy atom. The van der Waals surface area contributed by atoms with Crippen molar-refractivity contribution < 1.29 is 0 Å². The zero-order chi connectivity index (χ0) is 13.9. The van der Waals surface area contributed by atoms with E-state index in [9.17, 15) is 0 Å². The highest BCUT2D eigenvalue weighted by Gasteiger charge is 2.03. The first kappa shape index (κ1) is 12.7. The maximum Gasteiger partial charge on any atom is 0.223 e. The molecule has 3 N–H and O–H groups in total. The van der Waals surface area contributed by atoms with Crippen LogP contribution in [-0.2, 0) is 6.54 Å². The minimum Gasteiger partial charge on any atom is -0.368 e. The van der Waals surface area contributed by atoms with Gasteiger partial charge in [0, 0.05) is 12.6 Å². The van der Waals surface area contributed by atoms with Crippen LogP contribution in [0.5, 0.6) is 0 Å². The van der Waals surface area contributed by atoms with E-state index in [4.69, 9.17) is 17.3 Å². The second-order valence-electron chi connectivity index (χ2n) is 4.43. The van der Waals surface area contributed by atoms with E-state index in [2.05, 4.69) is 39.6 Å². The van der Waals surface area contributed by atoms with Crippen molar-refractivity contribution in [2.24, 2.45) is 0 Å². The fourth-order valence-corrected chi connectivity index (χ4v) is 2.35. The van der Waals surface area contributed by atoms with Crippen molar-refractivity contribution in [3.63, 3.8) is 0 Å². The topological polar surface area (TPSA) is 63.8 Å². The number of nitrogens with one attached hydrogen (secondary N) is 1. The standard InChI is InChI=1S/C15H13ClN4/c16-13-8-14(20-15(17)19-13)18-9-11-6-3-5-10-4-1-2-7-12(10)11/h1-8H,9H2,(H3,17,18,19,20). The van der Waals surface area contributed by atoms with Crippen molar-refractivity contribution in [1.82, 2.24) is 9.97 Å². The van der Waals surface area contributed by atoms with Gasteiger partial charge in [-0.15, -0.1) is 0 Å². The van der Waals surface area contributed by atoms with E-state index in [0.717, 1.165) is 0 Å². The predicted octanol–water partition coefficient (Wildman–Crippen LogP) is 3.48. The number of hydrogen-bond donors (Lipinski definition) is 2. The Balaban J connectivity index is 1.87. The fourth-order valence-electron chi connectivity index (χ4n) is 2.16. The summed E-state index contributed by atoms with van der Waals surface area (Å²) in [6, 6.07) is 16.1. The summed E-state index contributed by atoms with van der Waals surface area (Å²) in [4.78, 5) is 7.93. The molecule has 3 aromatic rings. The third-order valence-electron chi connectivity index (χ3n) is 3.05. The van der Waals surface area contributed by atoms with Gasteiger partial charge in [0.1, 0.15) is 11.0 Å². The number of halogens is 1. The van der Waals surface area contributed by atoms with Gasteiger partial charge < -0.3 is 11.1 Å². The first-order valence-electron chi connectivity index (χ1n) is 6.23. The van der Waals surface area contributed by atoms with Gasteiger partial charge in [0.05, 0.1) is 0 Å². The van der Waals surface area contributed by atoms with Gasteiger partial charge in [-0.05, 0) is 16.3 Å². The average Bonchev–Trinajstić information content (AvgIpc) is 2.44. The molecule has 0 amide bonds. The van der Waals surface area contributed by atoms with E-state index in [1.807, 2.05) is 18.2 Å². The first-order chi connectivity index (χ1) is 9.72. The zero-order valence-corrected chi connectivity index (χ0v) is 11.4. The summed E-state index contributed by atoms with van der Waals surface area (Å²) in [6.45, 7) is 0.647. The number of nitrogens with zero attached hydrogens (tertiary/aromatic N) is 2. The Kier molecular flexibility index (Phi) is 3.39. The predicted molar refractivity (Wildman–Crippen MR) is 82.7 cm³/mol. The Morgan fingerprint density at radius 1 is 1.05 bits per heavy atom. The van der Waals surface area contributed by atoms with E-state index in [1.165, 1.54) is 16.3 Å². The van der Waals surface area contributed by atoms with Crippen LogP contribution >= 0.6 is 11.6 Å². The van der Waals surface area contributed by atoms with Crippen LogP contribution in [0.2, 0.25) is 5.15 Å². The van der Waals surface area contributed by atoms with Gasteiger partial charge in [-0.2, -0.15) is 4.98 Å². The highest BCUT2D eigenvalue weighted by atomic mass is 35.5. The fraction of sp³-hybridized carbons (Fsp3) is 0.0667. The Bertz CT molecular complexity index is 732. The molecule has 20 heavy (non-hydrogen) atoms. The molecule has 2 aromatic carbocycles. The summed E-state index contributed by atoms with van der Waals surface area (Å²) in [6.07, 6.45) is 0. The molecule has 0 aliphatic rings. The highest BCUT2D eigenvalue weighted by molar-refractivity contribution is 6.29. The van der Waals surface area contributed by atoms with E-state index in [-0.39, 0.29) is 5.95 Å². The molecule has 0 saturated heterocycles. The minimum atomic E-state index is 0.165. The normalized spacial score (nSPS) is 10.7. The molecule has 4 nitrogen and oxygen atoms in total. The monoisotopic (exact) mass is 284 g/mol. The summed E-state index contributed by atoms with van der Waals surface area (Å²) >= 11 is 5.86. The van der Waals surface area contributed by atoms with Crippen molar-refractivity contribution in [2.75, 3.05) is 11.1 Å². The number of hydrogen-bond acceptors (Lipinski definition) is 4. The third kappa shape index (κ3) is 2.65. The van der Waals surface area contributed by atoms with Gasteiger partial charge in [-0.25, -0.2) is 4.98 Å². The van der Waals surface area contributed by atoms with E-state index in [1.54, 1.807) is 6.07 Å². The van der Waals surface area contributed by atoms with Crippen LogP contribution in [0.3, 0.4) is 0 Å². The van der Waals surface area contributed by atoms with E-state index >= 15 is 0 Å². The van der Waals surface area contributed by atoms with Crippen molar-refractivity contribution in [3.8, 4) is 0 Å². The molecule has 0 unspecified atom stereocenters. The number of anilines is 2. The molecule has 0 spiro atoms. The average molecular weight is 285 g/mol. The van der Waals surface area contributed by atoms with Crippen LogP contribution in [0.1, 0.15) is 5.56 Å². The van der Waals surface area contributed by atoms with Crippen LogP contribution in [0, 0.1) is 0 Å². The van der Waals surface area contributed by atoms with Gasteiger partial charge in [0.2, 0.25) is 5.95 Å². The van der Waals surface area contributed by atoms with E-state index in [0.29, 0.717) is 17.5 Å². The molecule has 0 saturated carbocycles. The lowest BCUT2D eigenvalue weighted by Crippen LogP contribution is -2.04. The minimum absolute atomic E-state index is 0.165. The number of aromatic nitrogens is 2. The molecular formula is C15H13ClN4. The second-order valence-corrected chi connectivity index (χ2v) is 4.81. The number of fused-ring (bicyclic) bond motifs is 1. The summed E-state index contributed by atoms with van der Waals surface area (Å²) in [5.74, 6) is 0.786. The van der Waals surface area contributed by atoms with Crippen molar-refractivity contribution in [2.45, 2.75) is 6.54 Å². The van der Waals surface area contributed by atoms with Crippen LogP contribution in [0.15, 0.2) is 48.5 Å². The molecule has 0 radical (unpaired) electrons. The summed E-state index contributed by atoms with van der Waals surface area (Å²) in [7, 11) is 0. The van der Waals surface area contributed by atoms with Gasteiger partial charge >= 0.3 is 0 Å². The number of benzene rings is 2. The lowest BCUT2D eigenvalue weighted by Gasteiger charge is -2.09. The first-order valence-corrected chi connectivity index (χ1v) is 6.61. The smallest absolute Gasteiger partial charge is 0.223 e. The summed E-state index contributed by atoms with van der Waals surface area (Å²) < 4.78 is 0. The summed E-state index contributed by atoms with van der Waals surface area (Å²) in [5, 5.41) is 5.98. The molecular weight excluding hydrogens is 272 g/mol. The van der Waals surface area contributed by atoms with Crippen LogP contribution in [0.4, 0.5) is 11.8 Å². The summed E-state index contributed by atoms with van der Waals surface area (Å²) in [5.41, 5.74) is 6.76. The van der Waals surface area contributed by atoms with Crippen LogP contribution < -0.4 is 11.1 Å². The molecule has 0 aliphatic heterocycles. The number of rotatable bonds is 3. The Morgan fingerprint density at radius 3 is 2.70 bits per heavy atom. The van der Waals surface area contributed by atoms with Crippen molar-refractivity contribution in [1.29, 1.82) is 0 Å². The maximum atomic E-state index is 5.86. The second kappa shape index (κ2) is 5.35. The number of nitrogens with two attached hydrogens (primary N) is 1. The van der Waals surface area contributed by atoms with Crippen LogP contribution in [0.25, 0.3) is 10.8 Å². The molecule has 1 aromatic heterocycles. The SMILES string of the molecule is Nc1nc(Cl)cc(NCc2cccc3ccccc23)n1. The molecule has 100 valence electrons. The van der Waals surface area contributed by atoms with Crippen molar-refractivity contribution in [3.05, 3.63) is 59.2 Å². The quantitative estimate of drug-likeness (QED) is 0.723. The Labute approximate surface area is 121 Å². The zero-order valence-electron chi connectivity index (χ0n) is 10.7. The molecule has 5 heteroatoms. The molecule has 1 heterocycles. The largest absolute Gasteiger partial charge is 0.368 e. The van der Waals surface area contributed by atoms with Gasteiger partial charge in [0.15, 0.2) is 0 Å². The Hall–Kier alpha value is -2.33. The van der Waals surface area contributed by atoms with E-state index < -0.39 is 0 Å². The molecule has 0 fully saturated rings. The van der Waals surface area contributed by atoms with Crippen LogP contribution in [-0.4, -0.2) is 9.97 Å². The molecule has 0 aliphatic carbocycles. The lowest BCUT2D eigenvalue weighted by atomic mass is 10.0. The lowest BCUT2D eigenvalue weighted by molar-refractivity contribution is 1.10.